The number of methoxy groups -OCH3 is 1. The van der Waals surface area contributed by atoms with E-state index in [2.05, 4.69) is 16.4 Å². The number of para-hydroxylation sites is 1. The molecule has 0 aromatic heterocycles. The van der Waals surface area contributed by atoms with Gasteiger partial charge in [-0.1, -0.05) is 31.0 Å². The van der Waals surface area contributed by atoms with E-state index in [1.807, 2.05) is 18.2 Å². The van der Waals surface area contributed by atoms with Gasteiger partial charge in [-0.15, -0.1) is 0 Å². The molecule has 1 saturated carbocycles. The van der Waals surface area contributed by atoms with Crippen molar-refractivity contribution in [2.75, 3.05) is 13.7 Å². The lowest BCUT2D eigenvalue weighted by atomic mass is 10.1. The van der Waals surface area contributed by atoms with Crippen molar-refractivity contribution in [3.63, 3.8) is 0 Å². The first-order valence-electron chi connectivity index (χ1n) is 6.98. The van der Waals surface area contributed by atoms with Gasteiger partial charge < -0.3 is 15.8 Å². The van der Waals surface area contributed by atoms with Gasteiger partial charge in [-0.2, -0.15) is 0 Å². The van der Waals surface area contributed by atoms with Crippen molar-refractivity contribution in [3.8, 4) is 5.75 Å². The summed E-state index contributed by atoms with van der Waals surface area (Å²) >= 11 is 0. The summed E-state index contributed by atoms with van der Waals surface area (Å²) in [6.45, 7) is 0.686. The number of hydrogen-bond acceptors (Lipinski definition) is 2. The van der Waals surface area contributed by atoms with Crippen molar-refractivity contribution >= 4 is 5.96 Å². The summed E-state index contributed by atoms with van der Waals surface area (Å²) in [6.07, 6.45) is 5.86. The monoisotopic (exact) mass is 261 g/mol. The van der Waals surface area contributed by atoms with E-state index in [0.717, 1.165) is 12.2 Å². The first-order valence-corrected chi connectivity index (χ1v) is 6.98. The molecule has 3 N–H and O–H groups in total. The van der Waals surface area contributed by atoms with Gasteiger partial charge in [0.1, 0.15) is 5.75 Å². The second-order valence-electron chi connectivity index (χ2n) is 4.95. The van der Waals surface area contributed by atoms with Gasteiger partial charge >= 0.3 is 0 Å². The molecule has 19 heavy (non-hydrogen) atoms. The predicted molar refractivity (Wildman–Crippen MR) is 78.6 cm³/mol. The number of aliphatic imine (C=N–C) groups is 1. The fourth-order valence-electron chi connectivity index (χ4n) is 2.53. The first kappa shape index (κ1) is 13.7. The summed E-state index contributed by atoms with van der Waals surface area (Å²) in [6, 6.07) is 8.55. The Balaban J connectivity index is 1.81. The van der Waals surface area contributed by atoms with Crippen LogP contribution in [0.15, 0.2) is 29.3 Å². The van der Waals surface area contributed by atoms with Crippen molar-refractivity contribution in [1.82, 2.24) is 5.32 Å². The Morgan fingerprint density at radius 2 is 2.11 bits per heavy atom. The summed E-state index contributed by atoms with van der Waals surface area (Å²) in [5.41, 5.74) is 7.06. The maximum Gasteiger partial charge on any atom is 0.188 e. The van der Waals surface area contributed by atoms with Gasteiger partial charge in [-0.25, -0.2) is 0 Å². The Morgan fingerprint density at radius 3 is 2.84 bits per heavy atom. The van der Waals surface area contributed by atoms with Gasteiger partial charge in [0.2, 0.25) is 0 Å². The number of guanidine groups is 1. The highest BCUT2D eigenvalue weighted by molar-refractivity contribution is 5.78. The van der Waals surface area contributed by atoms with Crippen LogP contribution < -0.4 is 15.8 Å². The molecule has 104 valence electrons. The highest BCUT2D eigenvalue weighted by Gasteiger charge is 2.14. The maximum absolute atomic E-state index is 5.90. The number of hydrogen-bond donors (Lipinski definition) is 2. The molecular weight excluding hydrogens is 238 g/mol. The van der Waals surface area contributed by atoms with Gasteiger partial charge in [-0.05, 0) is 30.9 Å². The quantitative estimate of drug-likeness (QED) is 0.630. The Kier molecular flexibility index (Phi) is 5.07. The fraction of sp³-hybridized carbons (Fsp3) is 0.533. The minimum Gasteiger partial charge on any atom is -0.496 e. The van der Waals surface area contributed by atoms with E-state index in [1.54, 1.807) is 7.11 Å². The normalized spacial score (nSPS) is 16.6. The minimum absolute atomic E-state index is 0.523. The van der Waals surface area contributed by atoms with Crippen molar-refractivity contribution in [1.29, 1.82) is 0 Å². The lowest BCUT2D eigenvalue weighted by Crippen LogP contribution is -2.38. The van der Waals surface area contributed by atoms with E-state index in [1.165, 1.54) is 31.2 Å². The maximum atomic E-state index is 5.90. The molecule has 1 aromatic carbocycles. The molecular formula is C15H23N3O. The predicted octanol–water partition coefficient (Wildman–Crippen LogP) is 2.08. The molecule has 0 atom stereocenters. The van der Waals surface area contributed by atoms with E-state index in [4.69, 9.17) is 10.5 Å². The molecule has 0 aliphatic heterocycles. The molecule has 0 amide bonds. The topological polar surface area (TPSA) is 59.6 Å². The van der Waals surface area contributed by atoms with E-state index < -0.39 is 0 Å². The molecule has 0 spiro atoms. The largest absolute Gasteiger partial charge is 0.496 e. The van der Waals surface area contributed by atoms with E-state index >= 15 is 0 Å². The lowest BCUT2D eigenvalue weighted by molar-refractivity contribution is 0.410. The molecule has 4 nitrogen and oxygen atoms in total. The summed E-state index contributed by atoms with van der Waals surface area (Å²) < 4.78 is 5.32. The Hall–Kier alpha value is -1.71. The fourth-order valence-corrected chi connectivity index (χ4v) is 2.53. The van der Waals surface area contributed by atoms with Crippen molar-refractivity contribution < 1.29 is 4.74 Å². The molecule has 1 fully saturated rings. The molecule has 0 heterocycles. The zero-order chi connectivity index (χ0) is 13.5. The molecule has 0 radical (unpaired) electrons. The summed E-state index contributed by atoms with van der Waals surface area (Å²) in [5.74, 6) is 1.49. The average molecular weight is 261 g/mol. The molecule has 1 aliphatic rings. The number of rotatable bonds is 5. The average Bonchev–Trinajstić information content (AvgIpc) is 2.92. The zero-order valence-corrected chi connectivity index (χ0v) is 11.6. The summed E-state index contributed by atoms with van der Waals surface area (Å²) in [7, 11) is 1.69. The highest BCUT2D eigenvalue weighted by Crippen LogP contribution is 2.18. The third kappa shape index (κ3) is 4.16. The van der Waals surface area contributed by atoms with Gasteiger partial charge in [0.15, 0.2) is 5.96 Å². The lowest BCUT2D eigenvalue weighted by Gasteiger charge is -2.12. The van der Waals surface area contributed by atoms with Gasteiger partial charge in [0, 0.05) is 12.6 Å². The minimum atomic E-state index is 0.523. The number of ether oxygens (including phenoxy) is 1. The van der Waals surface area contributed by atoms with Crippen molar-refractivity contribution in [2.45, 2.75) is 38.1 Å². The Morgan fingerprint density at radius 1 is 1.37 bits per heavy atom. The molecule has 2 rings (SSSR count). The Bertz CT molecular complexity index is 425. The molecule has 0 unspecified atom stereocenters. The molecule has 1 aromatic rings. The van der Waals surface area contributed by atoms with Crippen LogP contribution in [0.1, 0.15) is 31.2 Å². The van der Waals surface area contributed by atoms with E-state index in [9.17, 15) is 0 Å². The second kappa shape index (κ2) is 7.02. The highest BCUT2D eigenvalue weighted by atomic mass is 16.5. The van der Waals surface area contributed by atoms with Crippen LogP contribution in [-0.4, -0.2) is 25.7 Å². The number of nitrogens with one attached hydrogen (secondary N) is 1. The number of nitrogens with two attached hydrogens (primary N) is 1. The van der Waals surface area contributed by atoms with Crippen LogP contribution in [-0.2, 0) is 6.42 Å². The SMILES string of the molecule is COc1ccccc1CCN=C(N)NC1CCCC1. The van der Waals surface area contributed by atoms with Gasteiger partial charge in [0.25, 0.3) is 0 Å². The van der Waals surface area contributed by atoms with E-state index in [0.29, 0.717) is 18.5 Å². The summed E-state index contributed by atoms with van der Waals surface area (Å²) in [4.78, 5) is 4.39. The van der Waals surface area contributed by atoms with Crippen LogP contribution in [0.4, 0.5) is 0 Å². The molecule has 0 bridgehead atoms. The third-order valence-electron chi connectivity index (χ3n) is 3.56. The molecule has 1 aliphatic carbocycles. The van der Waals surface area contributed by atoms with Crippen LogP contribution in [0.2, 0.25) is 0 Å². The smallest absolute Gasteiger partial charge is 0.188 e. The van der Waals surface area contributed by atoms with Crippen LogP contribution in [0.3, 0.4) is 0 Å². The van der Waals surface area contributed by atoms with Crippen LogP contribution in [0, 0.1) is 0 Å². The van der Waals surface area contributed by atoms with Gasteiger partial charge in [-0.3, -0.25) is 4.99 Å². The number of benzene rings is 1. The standard InChI is InChI=1S/C15H23N3O/c1-19-14-9-5-2-6-12(14)10-11-17-15(16)18-13-7-3-4-8-13/h2,5-6,9,13H,3-4,7-8,10-11H2,1H3,(H3,16,17,18). The van der Waals surface area contributed by atoms with Crippen molar-refractivity contribution in [3.05, 3.63) is 29.8 Å². The zero-order valence-electron chi connectivity index (χ0n) is 11.6. The van der Waals surface area contributed by atoms with Crippen molar-refractivity contribution in [2.24, 2.45) is 10.7 Å². The van der Waals surface area contributed by atoms with Crippen LogP contribution in [0.5, 0.6) is 5.75 Å². The van der Waals surface area contributed by atoms with Crippen LogP contribution >= 0.6 is 0 Å². The first-order chi connectivity index (χ1) is 9.29. The van der Waals surface area contributed by atoms with Crippen LogP contribution in [0.25, 0.3) is 0 Å². The molecule has 4 heteroatoms. The van der Waals surface area contributed by atoms with Gasteiger partial charge in [0.05, 0.1) is 7.11 Å². The third-order valence-corrected chi connectivity index (χ3v) is 3.56. The Labute approximate surface area is 115 Å². The second-order valence-corrected chi connectivity index (χ2v) is 4.95. The molecule has 0 saturated heterocycles. The van der Waals surface area contributed by atoms with E-state index in [-0.39, 0.29) is 0 Å². The number of nitrogens with zero attached hydrogens (tertiary/aromatic N) is 1. The summed E-state index contributed by atoms with van der Waals surface area (Å²) in [5, 5.41) is 3.29.